The zero-order chi connectivity index (χ0) is 14.9. The molecular weight excluding hydrogens is 282 g/mol. The Hall–Kier alpha value is -2.38. The summed E-state index contributed by atoms with van der Waals surface area (Å²) < 4.78 is 3.97. The number of urea groups is 1. The summed E-state index contributed by atoms with van der Waals surface area (Å²) in [6, 6.07) is 0.157. The summed E-state index contributed by atoms with van der Waals surface area (Å²) in [4.78, 5) is 24.8. The number of carbonyl (C=O) groups is 1. The molecule has 8 heteroatoms. The number of rotatable bonds is 2. The van der Waals surface area contributed by atoms with E-state index in [1.165, 1.54) is 6.33 Å². The first-order chi connectivity index (χ1) is 10.8. The van der Waals surface area contributed by atoms with Crippen LogP contribution >= 0.6 is 0 Å². The van der Waals surface area contributed by atoms with Gasteiger partial charge in [0.25, 0.3) is 0 Å². The van der Waals surface area contributed by atoms with Crippen molar-refractivity contribution in [2.24, 2.45) is 0 Å². The molecule has 0 spiro atoms. The Labute approximate surface area is 128 Å². The zero-order valence-corrected chi connectivity index (χ0v) is 12.4. The van der Waals surface area contributed by atoms with Gasteiger partial charge in [0.1, 0.15) is 18.5 Å². The Kier molecular flexibility index (Phi) is 3.28. The number of likely N-dealkylation sites (tertiary alicyclic amines) is 1. The van der Waals surface area contributed by atoms with Crippen molar-refractivity contribution < 1.29 is 4.79 Å². The summed E-state index contributed by atoms with van der Waals surface area (Å²) in [6.07, 6.45) is 7.35. The van der Waals surface area contributed by atoms with Crippen molar-refractivity contribution in [3.63, 3.8) is 0 Å². The largest absolute Gasteiger partial charge is 0.327 e. The van der Waals surface area contributed by atoms with Gasteiger partial charge in [-0.25, -0.2) is 19.4 Å². The molecule has 2 aliphatic rings. The van der Waals surface area contributed by atoms with Gasteiger partial charge >= 0.3 is 6.03 Å². The SMILES string of the molecule is O=C(N1CCCC1)N1CCn2c(Cn3cncn3)cnc2C1. The first-order valence-electron chi connectivity index (χ1n) is 7.71. The lowest BCUT2D eigenvalue weighted by Crippen LogP contribution is -2.45. The van der Waals surface area contributed by atoms with Gasteiger partial charge in [-0.2, -0.15) is 5.10 Å². The van der Waals surface area contributed by atoms with Crippen molar-refractivity contribution in [3.05, 3.63) is 30.4 Å². The van der Waals surface area contributed by atoms with Crippen molar-refractivity contribution in [1.29, 1.82) is 0 Å². The highest BCUT2D eigenvalue weighted by molar-refractivity contribution is 5.74. The number of fused-ring (bicyclic) bond motifs is 1. The van der Waals surface area contributed by atoms with Gasteiger partial charge in [-0.15, -0.1) is 0 Å². The fourth-order valence-electron chi connectivity index (χ4n) is 3.20. The Bertz CT molecular complexity index is 657. The smallest absolute Gasteiger partial charge is 0.320 e. The third kappa shape index (κ3) is 2.34. The second-order valence-corrected chi connectivity index (χ2v) is 5.81. The van der Waals surface area contributed by atoms with Crippen LogP contribution in [0.4, 0.5) is 4.79 Å². The van der Waals surface area contributed by atoms with Gasteiger partial charge in [0.05, 0.1) is 25.0 Å². The van der Waals surface area contributed by atoms with Crippen LogP contribution in [0.2, 0.25) is 0 Å². The van der Waals surface area contributed by atoms with Crippen LogP contribution < -0.4 is 0 Å². The van der Waals surface area contributed by atoms with E-state index in [0.29, 0.717) is 13.1 Å². The van der Waals surface area contributed by atoms with Crippen molar-refractivity contribution >= 4 is 6.03 Å². The topological polar surface area (TPSA) is 72.1 Å². The number of hydrogen-bond acceptors (Lipinski definition) is 4. The maximum Gasteiger partial charge on any atom is 0.320 e. The molecular formula is C14H19N7O. The molecule has 1 fully saturated rings. The van der Waals surface area contributed by atoms with Gasteiger partial charge in [0, 0.05) is 26.2 Å². The Morgan fingerprint density at radius 1 is 1.14 bits per heavy atom. The van der Waals surface area contributed by atoms with E-state index in [0.717, 1.165) is 50.5 Å². The number of imidazole rings is 1. The molecule has 22 heavy (non-hydrogen) atoms. The number of amides is 2. The minimum Gasteiger partial charge on any atom is -0.327 e. The lowest BCUT2D eigenvalue weighted by molar-refractivity contribution is 0.148. The van der Waals surface area contributed by atoms with Crippen LogP contribution in [0.1, 0.15) is 24.4 Å². The number of aromatic nitrogens is 5. The van der Waals surface area contributed by atoms with Crippen molar-refractivity contribution in [1.82, 2.24) is 34.1 Å². The highest BCUT2D eigenvalue weighted by Crippen LogP contribution is 2.18. The standard InChI is InChI=1S/C14H19N7O/c22-14(18-3-1-2-4-18)19-5-6-21-12(7-16-13(21)9-19)8-20-11-15-10-17-20/h7,10-11H,1-6,8-9H2. The van der Waals surface area contributed by atoms with Gasteiger partial charge in [0.15, 0.2) is 0 Å². The molecule has 2 aromatic rings. The fraction of sp³-hybridized carbons (Fsp3) is 0.571. The normalized spacial score (nSPS) is 17.8. The lowest BCUT2D eigenvalue weighted by atomic mass is 10.3. The molecule has 1 saturated heterocycles. The quantitative estimate of drug-likeness (QED) is 0.812. The van der Waals surface area contributed by atoms with E-state index in [2.05, 4.69) is 19.6 Å². The summed E-state index contributed by atoms with van der Waals surface area (Å²) >= 11 is 0. The molecule has 0 N–H and O–H groups in total. The molecule has 8 nitrogen and oxygen atoms in total. The minimum atomic E-state index is 0.157. The fourth-order valence-corrected chi connectivity index (χ4v) is 3.20. The minimum absolute atomic E-state index is 0.157. The number of carbonyl (C=O) groups excluding carboxylic acids is 1. The molecule has 2 aromatic heterocycles. The number of nitrogens with zero attached hydrogens (tertiary/aromatic N) is 7. The molecule has 2 amide bonds. The van der Waals surface area contributed by atoms with Gasteiger partial charge in [-0.3, -0.25) is 0 Å². The van der Waals surface area contributed by atoms with Crippen molar-refractivity contribution in [2.45, 2.75) is 32.5 Å². The summed E-state index contributed by atoms with van der Waals surface area (Å²) in [6.45, 7) is 4.56. The van der Waals surface area contributed by atoms with E-state index in [1.807, 2.05) is 16.0 Å². The predicted molar refractivity (Wildman–Crippen MR) is 78.0 cm³/mol. The summed E-state index contributed by atoms with van der Waals surface area (Å²) in [5, 5.41) is 4.13. The number of hydrogen-bond donors (Lipinski definition) is 0. The van der Waals surface area contributed by atoms with Crippen molar-refractivity contribution in [2.75, 3.05) is 19.6 Å². The first kappa shape index (κ1) is 13.3. The second kappa shape index (κ2) is 5.43. The maximum absolute atomic E-state index is 12.5. The molecule has 0 bridgehead atoms. The third-order valence-electron chi connectivity index (χ3n) is 4.38. The van der Waals surface area contributed by atoms with Crippen LogP contribution in [-0.2, 0) is 19.6 Å². The second-order valence-electron chi connectivity index (χ2n) is 5.81. The monoisotopic (exact) mass is 301 g/mol. The molecule has 4 heterocycles. The lowest BCUT2D eigenvalue weighted by Gasteiger charge is -2.31. The molecule has 0 unspecified atom stereocenters. The molecule has 0 saturated carbocycles. The van der Waals surface area contributed by atoms with E-state index >= 15 is 0 Å². The molecule has 4 rings (SSSR count). The molecule has 0 radical (unpaired) electrons. The van der Waals surface area contributed by atoms with E-state index in [-0.39, 0.29) is 6.03 Å². The van der Waals surface area contributed by atoms with E-state index in [1.54, 1.807) is 11.0 Å². The average Bonchev–Trinajstić information content (AvgIpc) is 3.29. The molecule has 116 valence electrons. The van der Waals surface area contributed by atoms with E-state index < -0.39 is 0 Å². The van der Waals surface area contributed by atoms with E-state index in [4.69, 9.17) is 0 Å². The van der Waals surface area contributed by atoms with Crippen molar-refractivity contribution in [3.8, 4) is 0 Å². The first-order valence-corrected chi connectivity index (χ1v) is 7.71. The van der Waals surface area contributed by atoms with E-state index in [9.17, 15) is 4.79 Å². The zero-order valence-electron chi connectivity index (χ0n) is 12.4. The summed E-state index contributed by atoms with van der Waals surface area (Å²) in [5.74, 6) is 0.953. The van der Waals surface area contributed by atoms with Gasteiger partial charge in [-0.1, -0.05) is 0 Å². The van der Waals surface area contributed by atoms with Crippen LogP contribution in [0.15, 0.2) is 18.9 Å². The highest BCUT2D eigenvalue weighted by Gasteiger charge is 2.28. The summed E-state index contributed by atoms with van der Waals surface area (Å²) in [5.41, 5.74) is 1.11. The summed E-state index contributed by atoms with van der Waals surface area (Å²) in [7, 11) is 0. The molecule has 0 atom stereocenters. The van der Waals surface area contributed by atoms with Gasteiger partial charge < -0.3 is 14.4 Å². The van der Waals surface area contributed by atoms with Crippen LogP contribution in [0.3, 0.4) is 0 Å². The Morgan fingerprint density at radius 2 is 2.00 bits per heavy atom. The highest BCUT2D eigenvalue weighted by atomic mass is 16.2. The Morgan fingerprint density at radius 3 is 2.77 bits per heavy atom. The van der Waals surface area contributed by atoms with Crippen LogP contribution in [0.5, 0.6) is 0 Å². The third-order valence-corrected chi connectivity index (χ3v) is 4.38. The van der Waals surface area contributed by atoms with Gasteiger partial charge in [0.2, 0.25) is 0 Å². The molecule has 2 aliphatic heterocycles. The van der Waals surface area contributed by atoms with Crippen LogP contribution in [0, 0.1) is 0 Å². The maximum atomic E-state index is 12.5. The Balaban J connectivity index is 1.48. The molecule has 0 aliphatic carbocycles. The van der Waals surface area contributed by atoms with Crippen LogP contribution in [-0.4, -0.2) is 59.8 Å². The van der Waals surface area contributed by atoms with Gasteiger partial charge in [-0.05, 0) is 12.8 Å². The predicted octanol–water partition coefficient (Wildman–Crippen LogP) is 0.554. The van der Waals surface area contributed by atoms with Crippen LogP contribution in [0.25, 0.3) is 0 Å². The molecule has 0 aromatic carbocycles. The average molecular weight is 301 g/mol.